The highest BCUT2D eigenvalue weighted by atomic mass is 16.3. The van der Waals surface area contributed by atoms with Gasteiger partial charge in [-0.3, -0.25) is 4.98 Å². The van der Waals surface area contributed by atoms with Crippen LogP contribution in [0, 0.1) is 6.92 Å². The zero-order valence-electron chi connectivity index (χ0n) is 8.64. The van der Waals surface area contributed by atoms with Crippen LogP contribution in [-0.4, -0.2) is 10.1 Å². The molecule has 0 saturated carbocycles. The number of pyridine rings is 1. The van der Waals surface area contributed by atoms with Crippen molar-refractivity contribution in [1.82, 2.24) is 4.98 Å². The van der Waals surface area contributed by atoms with E-state index >= 15 is 0 Å². The average molecular weight is 199 g/mol. The number of aryl methyl sites for hydroxylation is 1. The predicted octanol–water partition coefficient (Wildman–Crippen LogP) is 2.69. The van der Waals surface area contributed by atoms with Gasteiger partial charge in [-0.05, 0) is 24.6 Å². The van der Waals surface area contributed by atoms with Crippen molar-refractivity contribution in [3.63, 3.8) is 0 Å². The van der Waals surface area contributed by atoms with Gasteiger partial charge in [0.1, 0.15) is 5.75 Å². The van der Waals surface area contributed by atoms with Gasteiger partial charge < -0.3 is 5.11 Å². The minimum Gasteiger partial charge on any atom is -0.506 e. The third-order valence-corrected chi connectivity index (χ3v) is 2.31. The predicted molar refractivity (Wildman–Crippen MR) is 59.9 cm³/mol. The van der Waals surface area contributed by atoms with Crippen LogP contribution < -0.4 is 0 Å². The van der Waals surface area contributed by atoms with Crippen molar-refractivity contribution in [3.05, 3.63) is 59.4 Å². The molecule has 2 heteroatoms. The lowest BCUT2D eigenvalue weighted by molar-refractivity contribution is 0.472. The molecule has 1 heterocycles. The Morgan fingerprint density at radius 1 is 1.07 bits per heavy atom. The first-order valence-corrected chi connectivity index (χ1v) is 4.93. The fourth-order valence-corrected chi connectivity index (χ4v) is 1.44. The molecule has 1 aromatic carbocycles. The molecule has 0 amide bonds. The molecular weight excluding hydrogens is 186 g/mol. The van der Waals surface area contributed by atoms with Crippen LogP contribution >= 0.6 is 0 Å². The maximum atomic E-state index is 9.10. The Labute approximate surface area is 89.2 Å². The van der Waals surface area contributed by atoms with Gasteiger partial charge in [-0.2, -0.15) is 0 Å². The van der Waals surface area contributed by atoms with Gasteiger partial charge >= 0.3 is 0 Å². The molecule has 2 rings (SSSR count). The summed E-state index contributed by atoms with van der Waals surface area (Å²) in [5, 5.41) is 9.10. The molecule has 1 aromatic heterocycles. The zero-order chi connectivity index (χ0) is 10.7. The Balaban J connectivity index is 2.15. The van der Waals surface area contributed by atoms with Gasteiger partial charge in [0, 0.05) is 12.1 Å². The van der Waals surface area contributed by atoms with Gasteiger partial charge in [0.2, 0.25) is 0 Å². The van der Waals surface area contributed by atoms with E-state index in [2.05, 4.69) is 36.2 Å². The number of hydrogen-bond acceptors (Lipinski definition) is 2. The normalized spacial score (nSPS) is 10.2. The molecule has 1 N–H and O–H groups in total. The average Bonchev–Trinajstić information content (AvgIpc) is 2.25. The van der Waals surface area contributed by atoms with E-state index in [0.29, 0.717) is 0 Å². The Hall–Kier alpha value is -1.83. The zero-order valence-corrected chi connectivity index (χ0v) is 8.64. The smallest absolute Gasteiger partial charge is 0.133 e. The van der Waals surface area contributed by atoms with Gasteiger partial charge in [-0.25, -0.2) is 0 Å². The van der Waals surface area contributed by atoms with Crippen LogP contribution in [0.1, 0.15) is 16.8 Å². The summed E-state index contributed by atoms with van der Waals surface area (Å²) in [5.74, 6) is 0.211. The van der Waals surface area contributed by atoms with E-state index in [4.69, 9.17) is 5.11 Å². The van der Waals surface area contributed by atoms with E-state index < -0.39 is 0 Å². The molecule has 0 unspecified atom stereocenters. The van der Waals surface area contributed by atoms with Crippen molar-refractivity contribution in [2.45, 2.75) is 13.3 Å². The van der Waals surface area contributed by atoms with E-state index in [9.17, 15) is 0 Å². The fraction of sp³-hybridized carbons (Fsp3) is 0.154. The standard InChI is InChI=1S/C13H13NO/c1-10-2-4-11(5-3-10)8-12-6-7-13(15)9-14-12/h2-7,9,15H,8H2,1H3. The number of nitrogens with zero attached hydrogens (tertiary/aromatic N) is 1. The number of rotatable bonds is 2. The maximum Gasteiger partial charge on any atom is 0.133 e. The molecule has 0 bridgehead atoms. The van der Waals surface area contributed by atoms with Crippen LogP contribution in [0.15, 0.2) is 42.6 Å². The van der Waals surface area contributed by atoms with Crippen molar-refractivity contribution in [3.8, 4) is 5.75 Å². The van der Waals surface area contributed by atoms with Crippen molar-refractivity contribution >= 4 is 0 Å². The molecular formula is C13H13NO. The minimum atomic E-state index is 0.211. The molecule has 0 radical (unpaired) electrons. The van der Waals surface area contributed by atoms with Crippen molar-refractivity contribution in [2.75, 3.05) is 0 Å². The third-order valence-electron chi connectivity index (χ3n) is 2.31. The van der Waals surface area contributed by atoms with Crippen LogP contribution in [0.5, 0.6) is 5.75 Å². The first-order valence-electron chi connectivity index (χ1n) is 4.93. The highest BCUT2D eigenvalue weighted by Gasteiger charge is 1.97. The quantitative estimate of drug-likeness (QED) is 0.806. The second-order valence-electron chi connectivity index (χ2n) is 3.67. The highest BCUT2D eigenvalue weighted by molar-refractivity contribution is 5.27. The van der Waals surface area contributed by atoms with Crippen LogP contribution in [0.2, 0.25) is 0 Å². The van der Waals surface area contributed by atoms with Crippen LogP contribution in [0.25, 0.3) is 0 Å². The molecule has 0 atom stereocenters. The Morgan fingerprint density at radius 2 is 1.80 bits per heavy atom. The van der Waals surface area contributed by atoms with Gasteiger partial charge in [0.15, 0.2) is 0 Å². The summed E-state index contributed by atoms with van der Waals surface area (Å²) in [7, 11) is 0. The fourth-order valence-electron chi connectivity index (χ4n) is 1.44. The topological polar surface area (TPSA) is 33.1 Å². The summed E-state index contributed by atoms with van der Waals surface area (Å²) >= 11 is 0. The van der Waals surface area contributed by atoms with Crippen molar-refractivity contribution in [2.24, 2.45) is 0 Å². The summed E-state index contributed by atoms with van der Waals surface area (Å²) in [4.78, 5) is 4.15. The lowest BCUT2D eigenvalue weighted by atomic mass is 10.1. The van der Waals surface area contributed by atoms with E-state index in [0.717, 1.165) is 12.1 Å². The minimum absolute atomic E-state index is 0.211. The van der Waals surface area contributed by atoms with E-state index in [-0.39, 0.29) is 5.75 Å². The van der Waals surface area contributed by atoms with Gasteiger partial charge in [-0.15, -0.1) is 0 Å². The van der Waals surface area contributed by atoms with Crippen LogP contribution in [-0.2, 0) is 6.42 Å². The van der Waals surface area contributed by atoms with Gasteiger partial charge in [-0.1, -0.05) is 29.8 Å². The first-order chi connectivity index (χ1) is 7.24. The molecule has 76 valence electrons. The summed E-state index contributed by atoms with van der Waals surface area (Å²) < 4.78 is 0. The van der Waals surface area contributed by atoms with Gasteiger partial charge in [0.05, 0.1) is 6.20 Å². The molecule has 2 nitrogen and oxygen atoms in total. The summed E-state index contributed by atoms with van der Waals surface area (Å²) in [6, 6.07) is 11.9. The molecule has 2 aromatic rings. The number of aromatic hydroxyl groups is 1. The summed E-state index contributed by atoms with van der Waals surface area (Å²) in [6.07, 6.45) is 2.28. The SMILES string of the molecule is Cc1ccc(Cc2ccc(O)cn2)cc1. The molecule has 0 spiro atoms. The summed E-state index contributed by atoms with van der Waals surface area (Å²) in [5.41, 5.74) is 3.47. The van der Waals surface area contributed by atoms with Crippen LogP contribution in [0.4, 0.5) is 0 Å². The molecule has 0 aliphatic carbocycles. The third kappa shape index (κ3) is 2.56. The largest absolute Gasteiger partial charge is 0.506 e. The number of benzene rings is 1. The second-order valence-corrected chi connectivity index (χ2v) is 3.67. The Bertz CT molecular complexity index is 388. The monoisotopic (exact) mass is 199 g/mol. The highest BCUT2D eigenvalue weighted by Crippen LogP contribution is 2.11. The van der Waals surface area contributed by atoms with Gasteiger partial charge in [0.25, 0.3) is 0 Å². The van der Waals surface area contributed by atoms with E-state index in [1.54, 1.807) is 6.07 Å². The second kappa shape index (κ2) is 4.13. The van der Waals surface area contributed by atoms with E-state index in [1.165, 1.54) is 17.3 Å². The first kappa shape index (κ1) is 9.71. The van der Waals surface area contributed by atoms with Crippen molar-refractivity contribution in [1.29, 1.82) is 0 Å². The Kier molecular flexibility index (Phi) is 2.68. The molecule has 0 fully saturated rings. The lowest BCUT2D eigenvalue weighted by Crippen LogP contribution is -1.91. The maximum absolute atomic E-state index is 9.10. The van der Waals surface area contributed by atoms with E-state index in [1.807, 2.05) is 6.07 Å². The molecule has 0 aliphatic rings. The van der Waals surface area contributed by atoms with Crippen LogP contribution in [0.3, 0.4) is 0 Å². The van der Waals surface area contributed by atoms with Crippen molar-refractivity contribution < 1.29 is 5.11 Å². The molecule has 0 saturated heterocycles. The molecule has 15 heavy (non-hydrogen) atoms. The number of aromatic nitrogens is 1. The Morgan fingerprint density at radius 3 is 2.40 bits per heavy atom. The number of hydrogen-bond donors (Lipinski definition) is 1. The molecule has 0 aliphatic heterocycles. The summed E-state index contributed by atoms with van der Waals surface area (Å²) in [6.45, 7) is 2.07. The lowest BCUT2D eigenvalue weighted by Gasteiger charge is -2.01.